The Balaban J connectivity index is 1.95. The summed E-state index contributed by atoms with van der Waals surface area (Å²) in [6.45, 7) is 4.20. The molecule has 4 rings (SSSR count). The number of nitrogen functional groups attached to an aromatic ring is 1. The van der Waals surface area contributed by atoms with Gasteiger partial charge in [-0.2, -0.15) is 0 Å². The fraction of sp³-hybridized carbons (Fsp3) is 0.143. The Morgan fingerprint density at radius 2 is 1.74 bits per heavy atom. The number of carboxylic acid groups (broad SMARTS) is 1. The second-order valence-corrected chi connectivity index (χ2v) is 7.81. The molecule has 0 aliphatic carbocycles. The number of amides is 1. The number of aryl methyl sites for hydroxylation is 2. The van der Waals surface area contributed by atoms with E-state index in [2.05, 4.69) is 26.0 Å². The summed E-state index contributed by atoms with van der Waals surface area (Å²) >= 11 is 1.70. The molecule has 0 atom stereocenters. The standard InChI is InChI=1S/C21H18N2O3S/c1-10-7-12-9-16-13-3-4-15(20(24)23-22)19(21(25)26)14(13)5-6-17(16)27-18(12)8-11(10)2/h3-8H,9,22H2,1-2H3,(H,23,24)(H,25,26). The highest BCUT2D eigenvalue weighted by Crippen LogP contribution is 2.43. The number of nitrogens with two attached hydrogens (primary N) is 1. The Bertz CT molecular complexity index is 1140. The van der Waals surface area contributed by atoms with Gasteiger partial charge in [-0.1, -0.05) is 30.0 Å². The van der Waals surface area contributed by atoms with Gasteiger partial charge in [0.05, 0.1) is 11.1 Å². The number of carbonyl (C=O) groups is 2. The fourth-order valence-electron chi connectivity index (χ4n) is 3.62. The van der Waals surface area contributed by atoms with Crippen molar-refractivity contribution in [2.24, 2.45) is 5.84 Å². The lowest BCUT2D eigenvalue weighted by Gasteiger charge is -2.23. The average Bonchev–Trinajstić information content (AvgIpc) is 2.65. The first-order valence-electron chi connectivity index (χ1n) is 8.51. The van der Waals surface area contributed by atoms with Crippen LogP contribution in [0, 0.1) is 13.8 Å². The average molecular weight is 378 g/mol. The van der Waals surface area contributed by atoms with Crippen LogP contribution in [0.4, 0.5) is 0 Å². The van der Waals surface area contributed by atoms with Crippen LogP contribution in [-0.4, -0.2) is 17.0 Å². The summed E-state index contributed by atoms with van der Waals surface area (Å²) in [5.74, 6) is 3.45. The molecule has 0 spiro atoms. The van der Waals surface area contributed by atoms with Crippen molar-refractivity contribution < 1.29 is 14.7 Å². The zero-order valence-electron chi connectivity index (χ0n) is 14.9. The van der Waals surface area contributed by atoms with Crippen LogP contribution in [0.15, 0.2) is 46.2 Å². The molecule has 0 radical (unpaired) electrons. The number of carbonyl (C=O) groups excluding carboxylic acids is 1. The van der Waals surface area contributed by atoms with Crippen molar-refractivity contribution in [3.63, 3.8) is 0 Å². The van der Waals surface area contributed by atoms with Crippen LogP contribution >= 0.6 is 11.8 Å². The molecular formula is C21H18N2O3S. The van der Waals surface area contributed by atoms with E-state index in [0.29, 0.717) is 5.39 Å². The number of nitrogens with one attached hydrogen (secondary N) is 1. The Morgan fingerprint density at radius 3 is 2.44 bits per heavy atom. The fourth-order valence-corrected chi connectivity index (χ4v) is 4.79. The third-order valence-electron chi connectivity index (χ3n) is 5.12. The van der Waals surface area contributed by atoms with Gasteiger partial charge in [-0.25, -0.2) is 10.6 Å². The van der Waals surface area contributed by atoms with Gasteiger partial charge in [0, 0.05) is 16.2 Å². The first-order chi connectivity index (χ1) is 12.9. The monoisotopic (exact) mass is 378 g/mol. The van der Waals surface area contributed by atoms with Gasteiger partial charge >= 0.3 is 5.97 Å². The SMILES string of the molecule is Cc1cc2c(cc1C)Sc1ccc3c(C(=O)O)c(C(=O)NN)ccc3c1C2. The van der Waals surface area contributed by atoms with Crippen molar-refractivity contribution in [1.29, 1.82) is 0 Å². The molecule has 27 heavy (non-hydrogen) atoms. The molecule has 5 nitrogen and oxygen atoms in total. The molecule has 0 saturated carbocycles. The summed E-state index contributed by atoms with van der Waals surface area (Å²) in [7, 11) is 0. The van der Waals surface area contributed by atoms with Crippen molar-refractivity contribution in [2.45, 2.75) is 30.1 Å². The van der Waals surface area contributed by atoms with Crippen LogP contribution in [0.2, 0.25) is 0 Å². The van der Waals surface area contributed by atoms with Crippen LogP contribution in [-0.2, 0) is 6.42 Å². The van der Waals surface area contributed by atoms with Crippen LogP contribution < -0.4 is 11.3 Å². The molecule has 4 N–H and O–H groups in total. The van der Waals surface area contributed by atoms with Crippen LogP contribution in [0.3, 0.4) is 0 Å². The van der Waals surface area contributed by atoms with E-state index in [9.17, 15) is 14.7 Å². The highest BCUT2D eigenvalue weighted by Gasteiger charge is 2.24. The highest BCUT2D eigenvalue weighted by atomic mass is 32.2. The number of hydrogen-bond acceptors (Lipinski definition) is 4. The first kappa shape index (κ1) is 17.6. The second-order valence-electron chi connectivity index (χ2n) is 6.73. The van der Waals surface area contributed by atoms with Crippen molar-refractivity contribution in [2.75, 3.05) is 0 Å². The minimum absolute atomic E-state index is 0.0193. The second kappa shape index (κ2) is 6.40. The zero-order valence-corrected chi connectivity index (χ0v) is 15.7. The van der Waals surface area contributed by atoms with E-state index in [1.165, 1.54) is 27.7 Å². The van der Waals surface area contributed by atoms with E-state index >= 15 is 0 Å². The molecule has 136 valence electrons. The Labute approximate surface area is 160 Å². The van der Waals surface area contributed by atoms with Gasteiger partial charge in [0.2, 0.25) is 0 Å². The molecule has 6 heteroatoms. The maximum absolute atomic E-state index is 12.0. The van der Waals surface area contributed by atoms with Crippen LogP contribution in [0.5, 0.6) is 0 Å². The van der Waals surface area contributed by atoms with Gasteiger partial charge in [-0.05, 0) is 65.1 Å². The van der Waals surface area contributed by atoms with E-state index in [1.54, 1.807) is 17.8 Å². The minimum Gasteiger partial charge on any atom is -0.478 e. The Morgan fingerprint density at radius 1 is 1.04 bits per heavy atom. The van der Waals surface area contributed by atoms with Gasteiger partial charge < -0.3 is 5.11 Å². The zero-order chi connectivity index (χ0) is 19.3. The molecule has 0 fully saturated rings. The Hall–Kier alpha value is -2.83. The van der Waals surface area contributed by atoms with Crippen molar-refractivity contribution in [3.05, 3.63) is 69.8 Å². The summed E-state index contributed by atoms with van der Waals surface area (Å²) in [4.78, 5) is 26.2. The summed E-state index contributed by atoms with van der Waals surface area (Å²) in [6, 6.07) is 11.5. The lowest BCUT2D eigenvalue weighted by atomic mass is 9.92. The molecule has 3 aromatic rings. The maximum atomic E-state index is 12.0. The molecule has 0 bridgehead atoms. The highest BCUT2D eigenvalue weighted by molar-refractivity contribution is 7.99. The molecule has 1 amide bonds. The molecule has 0 saturated heterocycles. The molecule has 1 aliphatic rings. The topological polar surface area (TPSA) is 92.4 Å². The van der Waals surface area contributed by atoms with Gasteiger partial charge in [-0.3, -0.25) is 10.2 Å². The van der Waals surface area contributed by atoms with Gasteiger partial charge in [0.1, 0.15) is 0 Å². The third-order valence-corrected chi connectivity index (χ3v) is 6.33. The van der Waals surface area contributed by atoms with Crippen molar-refractivity contribution in [1.82, 2.24) is 5.43 Å². The largest absolute Gasteiger partial charge is 0.478 e. The summed E-state index contributed by atoms with van der Waals surface area (Å²) in [6.07, 6.45) is 0.734. The molecule has 1 aliphatic heterocycles. The van der Waals surface area contributed by atoms with E-state index in [0.717, 1.165) is 22.3 Å². The normalized spacial score (nSPS) is 12.4. The number of rotatable bonds is 2. The van der Waals surface area contributed by atoms with E-state index in [4.69, 9.17) is 5.84 Å². The van der Waals surface area contributed by atoms with E-state index < -0.39 is 11.9 Å². The van der Waals surface area contributed by atoms with Crippen LogP contribution in [0.25, 0.3) is 10.8 Å². The Kier molecular flexibility index (Phi) is 4.17. The summed E-state index contributed by atoms with van der Waals surface area (Å²) in [5.41, 5.74) is 6.90. The van der Waals surface area contributed by atoms with E-state index in [1.807, 2.05) is 17.6 Å². The molecule has 3 aromatic carbocycles. The molecule has 1 heterocycles. The summed E-state index contributed by atoms with van der Waals surface area (Å²) in [5, 5.41) is 11.1. The van der Waals surface area contributed by atoms with Gasteiger partial charge in [0.25, 0.3) is 5.91 Å². The van der Waals surface area contributed by atoms with Crippen LogP contribution in [0.1, 0.15) is 43.0 Å². The van der Waals surface area contributed by atoms with Gasteiger partial charge in [0.15, 0.2) is 0 Å². The van der Waals surface area contributed by atoms with Crippen molar-refractivity contribution in [3.8, 4) is 0 Å². The van der Waals surface area contributed by atoms with Gasteiger partial charge in [-0.15, -0.1) is 0 Å². The predicted octanol–water partition coefficient (Wildman–Crippen LogP) is 3.81. The molecular weight excluding hydrogens is 360 g/mol. The number of aromatic carboxylic acids is 1. The molecule has 0 aromatic heterocycles. The quantitative estimate of drug-likeness (QED) is 0.280. The number of hydrogen-bond donors (Lipinski definition) is 3. The molecule has 0 unspecified atom stereocenters. The lowest BCUT2D eigenvalue weighted by Crippen LogP contribution is -2.31. The van der Waals surface area contributed by atoms with E-state index in [-0.39, 0.29) is 11.1 Å². The maximum Gasteiger partial charge on any atom is 0.337 e. The lowest BCUT2D eigenvalue weighted by molar-refractivity contribution is 0.0693. The number of fused-ring (bicyclic) bond motifs is 4. The minimum atomic E-state index is -1.14. The number of hydrazine groups is 1. The third kappa shape index (κ3) is 2.78. The number of benzene rings is 3. The summed E-state index contributed by atoms with van der Waals surface area (Å²) < 4.78 is 0. The number of carboxylic acids is 1. The first-order valence-corrected chi connectivity index (χ1v) is 9.33. The predicted molar refractivity (Wildman–Crippen MR) is 105 cm³/mol. The van der Waals surface area contributed by atoms with Crippen molar-refractivity contribution >= 4 is 34.4 Å². The smallest absolute Gasteiger partial charge is 0.337 e.